The van der Waals surface area contributed by atoms with Gasteiger partial charge in [-0.2, -0.15) is 0 Å². The Kier molecular flexibility index (Phi) is 3.04. The summed E-state index contributed by atoms with van der Waals surface area (Å²) in [6.07, 6.45) is 1.25. The maximum atomic E-state index is 5.49. The van der Waals surface area contributed by atoms with Gasteiger partial charge in [0, 0.05) is 6.54 Å². The third-order valence-corrected chi connectivity index (χ3v) is 2.70. The van der Waals surface area contributed by atoms with Crippen LogP contribution >= 0.6 is 0 Å². The summed E-state index contributed by atoms with van der Waals surface area (Å²) in [6.45, 7) is 5.01. The van der Waals surface area contributed by atoms with Gasteiger partial charge in [0.2, 0.25) is 0 Å². The lowest BCUT2D eigenvalue weighted by Crippen LogP contribution is -2.08. The Morgan fingerprint density at radius 3 is 3.14 bits per heavy atom. The van der Waals surface area contributed by atoms with E-state index < -0.39 is 0 Å². The van der Waals surface area contributed by atoms with Crippen molar-refractivity contribution in [2.24, 2.45) is 0 Å². The zero-order chi connectivity index (χ0) is 9.80. The second-order valence-corrected chi connectivity index (χ2v) is 3.70. The van der Waals surface area contributed by atoms with Gasteiger partial charge in [0.15, 0.2) is 0 Å². The van der Waals surface area contributed by atoms with Gasteiger partial charge in [-0.1, -0.05) is 12.1 Å². The molecule has 0 unspecified atom stereocenters. The molecule has 1 fully saturated rings. The first-order valence-corrected chi connectivity index (χ1v) is 5.33. The molecule has 1 atom stereocenters. The van der Waals surface area contributed by atoms with Gasteiger partial charge in [-0.3, -0.25) is 0 Å². The molecular formula is C12H17NO. The van der Waals surface area contributed by atoms with Crippen LogP contribution in [-0.2, 0) is 0 Å². The van der Waals surface area contributed by atoms with Crippen LogP contribution in [0.1, 0.15) is 24.8 Å². The van der Waals surface area contributed by atoms with E-state index in [1.54, 1.807) is 0 Å². The van der Waals surface area contributed by atoms with Gasteiger partial charge in [0.05, 0.1) is 6.61 Å². The Morgan fingerprint density at radius 1 is 1.50 bits per heavy atom. The van der Waals surface area contributed by atoms with Crippen LogP contribution in [0.5, 0.6) is 5.75 Å². The summed E-state index contributed by atoms with van der Waals surface area (Å²) in [4.78, 5) is 0. The van der Waals surface area contributed by atoms with Crippen LogP contribution in [0.2, 0.25) is 0 Å². The van der Waals surface area contributed by atoms with Crippen molar-refractivity contribution in [1.29, 1.82) is 0 Å². The average molecular weight is 191 g/mol. The highest BCUT2D eigenvalue weighted by molar-refractivity contribution is 5.31. The molecule has 2 rings (SSSR count). The van der Waals surface area contributed by atoms with Crippen molar-refractivity contribution < 1.29 is 4.74 Å². The number of rotatable bonds is 3. The molecular weight excluding hydrogens is 174 g/mol. The lowest BCUT2D eigenvalue weighted by atomic mass is 9.98. The van der Waals surface area contributed by atoms with E-state index in [1.807, 2.05) is 13.0 Å². The van der Waals surface area contributed by atoms with Gasteiger partial charge in [-0.25, -0.2) is 0 Å². The van der Waals surface area contributed by atoms with Crippen LogP contribution in [0.15, 0.2) is 24.3 Å². The van der Waals surface area contributed by atoms with E-state index >= 15 is 0 Å². The van der Waals surface area contributed by atoms with Crippen LogP contribution < -0.4 is 10.1 Å². The Bertz CT molecular complexity index is 292. The second-order valence-electron chi connectivity index (χ2n) is 3.70. The van der Waals surface area contributed by atoms with Crippen LogP contribution in [0.4, 0.5) is 0 Å². The van der Waals surface area contributed by atoms with Crippen molar-refractivity contribution in [2.75, 3.05) is 19.7 Å². The van der Waals surface area contributed by atoms with Crippen LogP contribution in [0.25, 0.3) is 0 Å². The van der Waals surface area contributed by atoms with Crippen LogP contribution in [0.3, 0.4) is 0 Å². The molecule has 0 saturated carbocycles. The standard InChI is InChI=1S/C12H17NO/c1-2-14-12-5-3-4-10(8-12)11-6-7-13-9-11/h3-5,8,11,13H,2,6-7,9H2,1H3/t11-/m1/s1. The Balaban J connectivity index is 2.12. The fourth-order valence-corrected chi connectivity index (χ4v) is 1.96. The lowest BCUT2D eigenvalue weighted by molar-refractivity contribution is 0.339. The van der Waals surface area contributed by atoms with E-state index in [4.69, 9.17) is 4.74 Å². The molecule has 1 heterocycles. The third-order valence-electron chi connectivity index (χ3n) is 2.70. The molecule has 0 aliphatic carbocycles. The highest BCUT2D eigenvalue weighted by Gasteiger charge is 2.16. The van der Waals surface area contributed by atoms with E-state index in [-0.39, 0.29) is 0 Å². The number of benzene rings is 1. The summed E-state index contributed by atoms with van der Waals surface area (Å²) < 4.78 is 5.49. The Hall–Kier alpha value is -1.02. The van der Waals surface area contributed by atoms with Gasteiger partial charge in [0.25, 0.3) is 0 Å². The first kappa shape index (κ1) is 9.53. The van der Waals surface area contributed by atoms with Crippen molar-refractivity contribution in [2.45, 2.75) is 19.3 Å². The van der Waals surface area contributed by atoms with E-state index in [1.165, 1.54) is 12.0 Å². The zero-order valence-electron chi connectivity index (χ0n) is 8.62. The van der Waals surface area contributed by atoms with Gasteiger partial charge in [-0.15, -0.1) is 0 Å². The molecule has 14 heavy (non-hydrogen) atoms. The first-order valence-electron chi connectivity index (χ1n) is 5.33. The van der Waals surface area contributed by atoms with Crippen LogP contribution in [-0.4, -0.2) is 19.7 Å². The van der Waals surface area contributed by atoms with Crippen molar-refractivity contribution in [3.63, 3.8) is 0 Å². The predicted molar refractivity (Wildman–Crippen MR) is 57.8 cm³/mol. The fourth-order valence-electron chi connectivity index (χ4n) is 1.96. The monoisotopic (exact) mass is 191 g/mol. The van der Waals surface area contributed by atoms with Crippen molar-refractivity contribution in [3.8, 4) is 5.75 Å². The van der Waals surface area contributed by atoms with Crippen molar-refractivity contribution >= 4 is 0 Å². The molecule has 1 aliphatic heterocycles. The van der Waals surface area contributed by atoms with E-state index in [0.29, 0.717) is 5.92 Å². The SMILES string of the molecule is CCOc1cccc([C@@H]2CCNC2)c1. The van der Waals surface area contributed by atoms with Crippen molar-refractivity contribution in [1.82, 2.24) is 5.32 Å². The molecule has 1 saturated heterocycles. The third kappa shape index (κ3) is 2.07. The van der Waals surface area contributed by atoms with E-state index in [9.17, 15) is 0 Å². The minimum atomic E-state index is 0.676. The summed E-state index contributed by atoms with van der Waals surface area (Å²) in [5.41, 5.74) is 1.40. The average Bonchev–Trinajstić information content (AvgIpc) is 2.71. The highest BCUT2D eigenvalue weighted by atomic mass is 16.5. The second kappa shape index (κ2) is 4.47. The number of nitrogens with one attached hydrogen (secondary N) is 1. The highest BCUT2D eigenvalue weighted by Crippen LogP contribution is 2.25. The number of hydrogen-bond acceptors (Lipinski definition) is 2. The quantitative estimate of drug-likeness (QED) is 0.790. The molecule has 1 N–H and O–H groups in total. The van der Waals surface area contributed by atoms with Gasteiger partial charge in [0.1, 0.15) is 5.75 Å². The Morgan fingerprint density at radius 2 is 2.43 bits per heavy atom. The number of ether oxygens (including phenoxy) is 1. The predicted octanol–water partition coefficient (Wildman–Crippen LogP) is 2.16. The van der Waals surface area contributed by atoms with Gasteiger partial charge < -0.3 is 10.1 Å². The van der Waals surface area contributed by atoms with Gasteiger partial charge >= 0.3 is 0 Å². The lowest BCUT2D eigenvalue weighted by Gasteiger charge is -2.10. The molecule has 0 aromatic heterocycles. The summed E-state index contributed by atoms with van der Waals surface area (Å²) in [5, 5.41) is 3.38. The minimum absolute atomic E-state index is 0.676. The molecule has 0 spiro atoms. The Labute approximate surface area is 85.3 Å². The minimum Gasteiger partial charge on any atom is -0.494 e. The molecule has 0 bridgehead atoms. The summed E-state index contributed by atoms with van der Waals surface area (Å²) >= 11 is 0. The molecule has 1 aromatic carbocycles. The molecule has 2 heteroatoms. The first-order chi connectivity index (χ1) is 6.90. The summed E-state index contributed by atoms with van der Waals surface area (Å²) in [5.74, 6) is 1.67. The maximum Gasteiger partial charge on any atom is 0.119 e. The fraction of sp³-hybridized carbons (Fsp3) is 0.500. The smallest absolute Gasteiger partial charge is 0.119 e. The zero-order valence-corrected chi connectivity index (χ0v) is 8.62. The largest absolute Gasteiger partial charge is 0.494 e. The van der Waals surface area contributed by atoms with Crippen molar-refractivity contribution in [3.05, 3.63) is 29.8 Å². The molecule has 1 aromatic rings. The van der Waals surface area contributed by atoms with Crippen LogP contribution in [0, 0.1) is 0 Å². The summed E-state index contributed by atoms with van der Waals surface area (Å²) in [6, 6.07) is 8.47. The molecule has 2 nitrogen and oxygen atoms in total. The topological polar surface area (TPSA) is 21.3 Å². The molecule has 0 radical (unpaired) electrons. The molecule has 1 aliphatic rings. The van der Waals surface area contributed by atoms with E-state index in [0.717, 1.165) is 25.4 Å². The van der Waals surface area contributed by atoms with E-state index in [2.05, 4.69) is 23.5 Å². The number of hydrogen-bond donors (Lipinski definition) is 1. The molecule has 76 valence electrons. The molecule has 0 amide bonds. The normalized spacial score (nSPS) is 21.1. The summed E-state index contributed by atoms with van der Waals surface area (Å²) in [7, 11) is 0. The van der Waals surface area contributed by atoms with Gasteiger partial charge in [-0.05, 0) is 43.5 Å². The maximum absolute atomic E-state index is 5.49.